The summed E-state index contributed by atoms with van der Waals surface area (Å²) in [4.78, 5) is 23.3. The standard InChI is InChI=1S/C17H25N3O5S2/c1-3-11-18-27(23,24)14-7-5-13(6-8-14)19-17(26)20-15(21)9-10-16(22)25-12-4-2/h5-8,18H,3-4,9-12H2,1-2H3,(H2,19,20,21,26). The third-order valence-corrected chi connectivity index (χ3v) is 4.92. The Morgan fingerprint density at radius 1 is 1.07 bits per heavy atom. The van der Waals surface area contributed by atoms with Crippen LogP contribution in [-0.2, 0) is 24.3 Å². The van der Waals surface area contributed by atoms with Crippen LogP contribution < -0.4 is 15.4 Å². The summed E-state index contributed by atoms with van der Waals surface area (Å²) in [7, 11) is -3.53. The van der Waals surface area contributed by atoms with E-state index in [9.17, 15) is 18.0 Å². The van der Waals surface area contributed by atoms with Crippen LogP contribution in [0.25, 0.3) is 0 Å². The molecule has 0 saturated carbocycles. The first kappa shape index (κ1) is 23.0. The second kappa shape index (κ2) is 11.6. The van der Waals surface area contributed by atoms with Gasteiger partial charge in [0.2, 0.25) is 15.9 Å². The first-order valence-electron chi connectivity index (χ1n) is 8.64. The molecule has 0 aromatic heterocycles. The molecule has 1 rings (SSSR count). The van der Waals surface area contributed by atoms with Gasteiger partial charge in [0.25, 0.3) is 0 Å². The maximum absolute atomic E-state index is 12.0. The molecule has 0 unspecified atom stereocenters. The third-order valence-electron chi connectivity index (χ3n) is 3.24. The Bertz CT molecular complexity index is 748. The molecular formula is C17H25N3O5S2. The highest BCUT2D eigenvalue weighted by Crippen LogP contribution is 2.14. The van der Waals surface area contributed by atoms with Gasteiger partial charge in [-0.2, -0.15) is 0 Å². The zero-order valence-corrected chi connectivity index (χ0v) is 17.0. The van der Waals surface area contributed by atoms with Gasteiger partial charge in [-0.1, -0.05) is 13.8 Å². The number of hydrogen-bond acceptors (Lipinski definition) is 6. The first-order valence-corrected chi connectivity index (χ1v) is 10.5. The van der Waals surface area contributed by atoms with Crippen molar-refractivity contribution in [2.45, 2.75) is 44.4 Å². The van der Waals surface area contributed by atoms with E-state index < -0.39 is 21.9 Å². The van der Waals surface area contributed by atoms with E-state index in [0.29, 0.717) is 25.3 Å². The van der Waals surface area contributed by atoms with E-state index in [1.165, 1.54) is 12.1 Å². The van der Waals surface area contributed by atoms with Gasteiger partial charge in [0.05, 0.1) is 17.9 Å². The van der Waals surface area contributed by atoms with Crippen LogP contribution in [0.5, 0.6) is 0 Å². The molecule has 0 fully saturated rings. The zero-order valence-electron chi connectivity index (χ0n) is 15.4. The Morgan fingerprint density at radius 2 is 1.74 bits per heavy atom. The number of sulfonamides is 1. The van der Waals surface area contributed by atoms with Gasteiger partial charge >= 0.3 is 5.97 Å². The smallest absolute Gasteiger partial charge is 0.306 e. The van der Waals surface area contributed by atoms with Gasteiger partial charge in [0, 0.05) is 18.7 Å². The quantitative estimate of drug-likeness (QED) is 0.395. The lowest BCUT2D eigenvalue weighted by Gasteiger charge is -2.10. The van der Waals surface area contributed by atoms with Crippen LogP contribution in [0.2, 0.25) is 0 Å². The number of hydrogen-bond donors (Lipinski definition) is 3. The Balaban J connectivity index is 2.48. The predicted molar refractivity (Wildman–Crippen MR) is 107 cm³/mol. The van der Waals surface area contributed by atoms with Crippen LogP contribution in [0.1, 0.15) is 39.5 Å². The van der Waals surface area contributed by atoms with Gasteiger partial charge in [0.1, 0.15) is 0 Å². The molecule has 10 heteroatoms. The normalized spacial score (nSPS) is 10.9. The first-order chi connectivity index (χ1) is 12.8. The Morgan fingerprint density at radius 3 is 2.33 bits per heavy atom. The number of amides is 1. The highest BCUT2D eigenvalue weighted by molar-refractivity contribution is 7.89. The molecule has 0 heterocycles. The van der Waals surface area contributed by atoms with Gasteiger partial charge in [-0.15, -0.1) is 0 Å². The summed E-state index contributed by atoms with van der Waals surface area (Å²) in [5.41, 5.74) is 0.525. The number of esters is 1. The van der Waals surface area contributed by atoms with Crippen LogP contribution in [0.3, 0.4) is 0 Å². The Labute approximate surface area is 165 Å². The van der Waals surface area contributed by atoms with Crippen molar-refractivity contribution >= 4 is 44.9 Å². The van der Waals surface area contributed by atoms with Crippen molar-refractivity contribution in [2.24, 2.45) is 0 Å². The fraction of sp³-hybridized carbons (Fsp3) is 0.471. The number of benzene rings is 1. The molecule has 3 N–H and O–H groups in total. The van der Waals surface area contributed by atoms with Gasteiger partial charge in [0.15, 0.2) is 5.11 Å². The number of anilines is 1. The van der Waals surface area contributed by atoms with Crippen molar-refractivity contribution in [1.29, 1.82) is 0 Å². The molecule has 0 bridgehead atoms. The molecule has 0 aliphatic carbocycles. The summed E-state index contributed by atoms with van der Waals surface area (Å²) in [6, 6.07) is 5.96. The van der Waals surface area contributed by atoms with E-state index in [4.69, 9.17) is 17.0 Å². The minimum atomic E-state index is -3.53. The molecule has 1 aromatic rings. The molecular weight excluding hydrogens is 390 g/mol. The number of carbonyl (C=O) groups is 2. The van der Waals surface area contributed by atoms with E-state index in [1.54, 1.807) is 12.1 Å². The largest absolute Gasteiger partial charge is 0.466 e. The van der Waals surface area contributed by atoms with Crippen LogP contribution in [0.4, 0.5) is 5.69 Å². The van der Waals surface area contributed by atoms with Crippen LogP contribution >= 0.6 is 12.2 Å². The van der Waals surface area contributed by atoms with Crippen molar-refractivity contribution in [3.05, 3.63) is 24.3 Å². The SMILES string of the molecule is CCCNS(=O)(=O)c1ccc(NC(=S)NC(=O)CCC(=O)OCCC)cc1. The van der Waals surface area contributed by atoms with E-state index >= 15 is 0 Å². The fourth-order valence-electron chi connectivity index (χ4n) is 1.89. The maximum Gasteiger partial charge on any atom is 0.306 e. The molecule has 1 aromatic carbocycles. The minimum Gasteiger partial charge on any atom is -0.466 e. The summed E-state index contributed by atoms with van der Waals surface area (Å²) in [5.74, 6) is -0.844. The van der Waals surface area contributed by atoms with Crippen molar-refractivity contribution in [3.63, 3.8) is 0 Å². The summed E-state index contributed by atoms with van der Waals surface area (Å²) < 4.78 is 31.4. The van der Waals surface area contributed by atoms with Crippen molar-refractivity contribution in [3.8, 4) is 0 Å². The second-order valence-electron chi connectivity index (χ2n) is 5.64. The molecule has 27 heavy (non-hydrogen) atoms. The van der Waals surface area contributed by atoms with E-state index in [2.05, 4.69) is 15.4 Å². The lowest BCUT2D eigenvalue weighted by Crippen LogP contribution is -2.34. The summed E-state index contributed by atoms with van der Waals surface area (Å²) in [6.07, 6.45) is 1.36. The maximum atomic E-state index is 12.0. The lowest BCUT2D eigenvalue weighted by molar-refractivity contribution is -0.144. The number of carbonyl (C=O) groups excluding carboxylic acids is 2. The van der Waals surface area contributed by atoms with E-state index in [0.717, 1.165) is 6.42 Å². The van der Waals surface area contributed by atoms with E-state index in [-0.39, 0.29) is 22.8 Å². The second-order valence-corrected chi connectivity index (χ2v) is 7.82. The molecule has 0 saturated heterocycles. The Hall–Kier alpha value is -2.04. The van der Waals surface area contributed by atoms with Gasteiger partial charge in [-0.3, -0.25) is 9.59 Å². The minimum absolute atomic E-state index is 0.0221. The Kier molecular flexibility index (Phi) is 9.90. The van der Waals surface area contributed by atoms with Crippen molar-refractivity contribution in [2.75, 3.05) is 18.5 Å². The van der Waals surface area contributed by atoms with Crippen molar-refractivity contribution in [1.82, 2.24) is 10.0 Å². The van der Waals surface area contributed by atoms with Crippen LogP contribution in [-0.4, -0.2) is 38.6 Å². The predicted octanol–water partition coefficient (Wildman–Crippen LogP) is 1.92. The fourth-order valence-corrected chi connectivity index (χ4v) is 3.26. The number of nitrogens with one attached hydrogen (secondary N) is 3. The molecule has 1 amide bonds. The molecule has 0 spiro atoms. The molecule has 8 nitrogen and oxygen atoms in total. The number of ether oxygens (including phenoxy) is 1. The summed E-state index contributed by atoms with van der Waals surface area (Å²) >= 11 is 5.04. The highest BCUT2D eigenvalue weighted by atomic mass is 32.2. The average Bonchev–Trinajstić information content (AvgIpc) is 2.63. The average molecular weight is 416 g/mol. The summed E-state index contributed by atoms with van der Waals surface area (Å²) in [5, 5.41) is 5.30. The van der Waals surface area contributed by atoms with Crippen LogP contribution in [0.15, 0.2) is 29.2 Å². The van der Waals surface area contributed by atoms with Crippen LogP contribution in [0, 0.1) is 0 Å². The van der Waals surface area contributed by atoms with Gasteiger partial charge in [-0.05, 0) is 49.3 Å². The van der Waals surface area contributed by atoms with Gasteiger partial charge < -0.3 is 15.4 Å². The molecule has 150 valence electrons. The number of thiocarbonyl (C=S) groups is 1. The molecule has 0 atom stereocenters. The van der Waals surface area contributed by atoms with Crippen molar-refractivity contribution < 1.29 is 22.7 Å². The monoisotopic (exact) mass is 415 g/mol. The topological polar surface area (TPSA) is 114 Å². The summed E-state index contributed by atoms with van der Waals surface area (Å²) in [6.45, 7) is 4.46. The number of rotatable bonds is 10. The molecule has 0 aliphatic heterocycles. The molecule has 0 radical (unpaired) electrons. The zero-order chi connectivity index (χ0) is 20.3. The highest BCUT2D eigenvalue weighted by Gasteiger charge is 2.13. The van der Waals surface area contributed by atoms with Gasteiger partial charge in [-0.25, -0.2) is 13.1 Å². The van der Waals surface area contributed by atoms with E-state index in [1.807, 2.05) is 13.8 Å². The molecule has 0 aliphatic rings. The lowest BCUT2D eigenvalue weighted by atomic mass is 10.3. The third kappa shape index (κ3) is 8.94.